The first kappa shape index (κ1) is 25.6. The van der Waals surface area contributed by atoms with Gasteiger partial charge in [0.1, 0.15) is 0 Å². The van der Waals surface area contributed by atoms with Crippen LogP contribution in [0.25, 0.3) is 0 Å². The minimum Gasteiger partial charge on any atom is -0.381 e. The zero-order chi connectivity index (χ0) is 21.2. The molecule has 5 nitrogen and oxygen atoms in total. The minimum atomic E-state index is -0.0538. The highest BCUT2D eigenvalue weighted by atomic mass is 127. The van der Waals surface area contributed by atoms with Crippen LogP contribution in [0.4, 0.5) is 0 Å². The molecular formula is C25H37IN4O. The lowest BCUT2D eigenvalue weighted by atomic mass is 9.88. The van der Waals surface area contributed by atoms with Crippen molar-refractivity contribution in [1.29, 1.82) is 0 Å². The van der Waals surface area contributed by atoms with Crippen LogP contribution in [0.2, 0.25) is 0 Å². The Hall–Kier alpha value is -1.64. The number of ether oxygens (including phenoxy) is 1. The normalized spacial score (nSPS) is 16.8. The molecule has 0 saturated carbocycles. The predicted molar refractivity (Wildman–Crippen MR) is 140 cm³/mol. The summed E-state index contributed by atoms with van der Waals surface area (Å²) in [6, 6.07) is 21.4. The monoisotopic (exact) mass is 536 g/mol. The summed E-state index contributed by atoms with van der Waals surface area (Å²) < 4.78 is 5.68. The molecule has 31 heavy (non-hydrogen) atoms. The van der Waals surface area contributed by atoms with E-state index in [-0.39, 0.29) is 35.6 Å². The van der Waals surface area contributed by atoms with E-state index in [9.17, 15) is 0 Å². The van der Waals surface area contributed by atoms with Gasteiger partial charge in [-0.2, -0.15) is 0 Å². The van der Waals surface area contributed by atoms with Gasteiger partial charge in [-0.05, 0) is 37.8 Å². The van der Waals surface area contributed by atoms with Gasteiger partial charge in [0, 0.05) is 44.9 Å². The van der Waals surface area contributed by atoms with Crippen molar-refractivity contribution in [2.75, 3.05) is 33.4 Å². The lowest BCUT2D eigenvalue weighted by Crippen LogP contribution is -2.53. The van der Waals surface area contributed by atoms with E-state index in [4.69, 9.17) is 9.73 Å². The largest absolute Gasteiger partial charge is 0.381 e. The van der Waals surface area contributed by atoms with Gasteiger partial charge in [-0.15, -0.1) is 24.0 Å². The molecule has 2 aromatic rings. The summed E-state index contributed by atoms with van der Waals surface area (Å²) in [4.78, 5) is 7.27. The number of benzene rings is 2. The Morgan fingerprint density at radius 2 is 1.68 bits per heavy atom. The lowest BCUT2D eigenvalue weighted by Gasteiger charge is -2.40. The molecule has 1 unspecified atom stereocenters. The number of aliphatic imine (C=N–C) groups is 1. The maximum absolute atomic E-state index is 5.68. The van der Waals surface area contributed by atoms with Crippen LogP contribution >= 0.6 is 24.0 Å². The Morgan fingerprint density at radius 1 is 1.06 bits per heavy atom. The van der Waals surface area contributed by atoms with Gasteiger partial charge >= 0.3 is 0 Å². The van der Waals surface area contributed by atoms with Crippen LogP contribution in [0.15, 0.2) is 65.7 Å². The second-order valence-electron chi connectivity index (χ2n) is 8.18. The third-order valence-corrected chi connectivity index (χ3v) is 5.76. The molecule has 1 aliphatic rings. The zero-order valence-electron chi connectivity index (χ0n) is 19.0. The van der Waals surface area contributed by atoms with Gasteiger partial charge in [-0.3, -0.25) is 4.99 Å². The van der Waals surface area contributed by atoms with Gasteiger partial charge in [-0.1, -0.05) is 60.7 Å². The summed E-state index contributed by atoms with van der Waals surface area (Å²) >= 11 is 0. The maximum Gasteiger partial charge on any atom is 0.194 e. The molecule has 2 aromatic carbocycles. The number of hydrogen-bond donors (Lipinski definition) is 2. The second-order valence-corrected chi connectivity index (χ2v) is 8.18. The molecule has 1 heterocycles. The predicted octanol–water partition coefficient (Wildman–Crippen LogP) is 4.60. The Morgan fingerprint density at radius 3 is 2.29 bits per heavy atom. The van der Waals surface area contributed by atoms with Crippen LogP contribution in [0, 0.1) is 0 Å². The summed E-state index contributed by atoms with van der Waals surface area (Å²) in [5.74, 6) is 0.946. The van der Waals surface area contributed by atoms with Crippen molar-refractivity contribution in [3.8, 4) is 0 Å². The molecule has 3 rings (SSSR count). The quantitative estimate of drug-likeness (QED) is 0.294. The van der Waals surface area contributed by atoms with Crippen molar-refractivity contribution in [3.63, 3.8) is 0 Å². The van der Waals surface area contributed by atoms with Crippen LogP contribution in [-0.4, -0.2) is 49.7 Å². The van der Waals surface area contributed by atoms with Crippen molar-refractivity contribution >= 4 is 29.9 Å². The van der Waals surface area contributed by atoms with E-state index >= 15 is 0 Å². The Bertz CT molecular complexity index is 779. The van der Waals surface area contributed by atoms with Gasteiger partial charge in [0.05, 0.1) is 6.54 Å². The number of hydrogen-bond acceptors (Lipinski definition) is 3. The number of nitrogens with one attached hydrogen (secondary N) is 2. The Balaban J connectivity index is 0.00000341. The van der Waals surface area contributed by atoms with Crippen molar-refractivity contribution in [2.24, 2.45) is 4.99 Å². The fourth-order valence-corrected chi connectivity index (χ4v) is 4.02. The molecule has 2 N–H and O–H groups in total. The molecule has 1 aliphatic heterocycles. The first-order valence-corrected chi connectivity index (χ1v) is 11.1. The highest BCUT2D eigenvalue weighted by molar-refractivity contribution is 14.0. The fourth-order valence-electron chi connectivity index (χ4n) is 4.02. The number of nitrogens with zero attached hydrogens (tertiary/aromatic N) is 2. The third kappa shape index (κ3) is 7.77. The molecule has 170 valence electrons. The van der Waals surface area contributed by atoms with Crippen LogP contribution in [-0.2, 0) is 11.3 Å². The van der Waals surface area contributed by atoms with Crippen LogP contribution in [0.3, 0.4) is 0 Å². The molecular weight excluding hydrogens is 499 g/mol. The molecule has 6 heteroatoms. The standard InChI is InChI=1S/C25H36N4O.HI/c1-4-26-24(29(3)19-22-11-7-5-8-12-22)27-20-25(15-17-30-18-16-25)28-21(2)23-13-9-6-10-14-23;/h5-14,21,28H,4,15-20H2,1-3H3,(H,26,27);1H. The third-order valence-electron chi connectivity index (χ3n) is 5.76. The molecule has 0 amide bonds. The Labute approximate surface area is 204 Å². The van der Waals surface area contributed by atoms with E-state index in [1.165, 1.54) is 11.1 Å². The van der Waals surface area contributed by atoms with Crippen LogP contribution in [0.5, 0.6) is 0 Å². The average molecular weight is 537 g/mol. The van der Waals surface area contributed by atoms with Crippen molar-refractivity contribution in [3.05, 3.63) is 71.8 Å². The summed E-state index contributed by atoms with van der Waals surface area (Å²) in [7, 11) is 2.10. The second kappa shape index (κ2) is 13.0. The average Bonchev–Trinajstić information content (AvgIpc) is 2.78. The van der Waals surface area contributed by atoms with Gasteiger partial charge in [0.15, 0.2) is 5.96 Å². The van der Waals surface area contributed by atoms with Crippen molar-refractivity contribution < 1.29 is 4.74 Å². The smallest absolute Gasteiger partial charge is 0.194 e. The van der Waals surface area contributed by atoms with E-state index in [2.05, 4.69) is 97.1 Å². The molecule has 0 radical (unpaired) electrons. The minimum absolute atomic E-state index is 0. The summed E-state index contributed by atoms with van der Waals surface area (Å²) in [5.41, 5.74) is 2.53. The summed E-state index contributed by atoms with van der Waals surface area (Å²) in [6.45, 7) is 8.32. The molecule has 1 atom stereocenters. The van der Waals surface area contributed by atoms with Gasteiger partial charge in [0.2, 0.25) is 0 Å². The number of halogens is 1. The van der Waals surface area contributed by atoms with E-state index in [1.807, 2.05) is 0 Å². The topological polar surface area (TPSA) is 48.9 Å². The first-order chi connectivity index (χ1) is 14.6. The summed E-state index contributed by atoms with van der Waals surface area (Å²) in [6.07, 6.45) is 1.94. The fraction of sp³-hybridized carbons (Fsp3) is 0.480. The maximum atomic E-state index is 5.68. The SMILES string of the molecule is CCNC(=NCC1(NC(C)c2ccccc2)CCOCC1)N(C)Cc1ccccc1.I. The summed E-state index contributed by atoms with van der Waals surface area (Å²) in [5, 5.41) is 7.36. The van der Waals surface area contributed by atoms with Crippen LogP contribution < -0.4 is 10.6 Å². The lowest BCUT2D eigenvalue weighted by molar-refractivity contribution is 0.0373. The molecule has 0 spiro atoms. The van der Waals surface area contributed by atoms with E-state index in [0.717, 1.165) is 51.6 Å². The van der Waals surface area contributed by atoms with Gasteiger partial charge < -0.3 is 20.3 Å². The Kier molecular flexibility index (Phi) is 10.8. The highest BCUT2D eigenvalue weighted by Gasteiger charge is 2.34. The number of guanidine groups is 1. The van der Waals surface area contributed by atoms with Gasteiger partial charge in [0.25, 0.3) is 0 Å². The van der Waals surface area contributed by atoms with E-state index in [0.29, 0.717) is 0 Å². The van der Waals surface area contributed by atoms with Crippen LogP contribution in [0.1, 0.15) is 43.9 Å². The van der Waals surface area contributed by atoms with Crippen molar-refractivity contribution in [2.45, 2.75) is 44.8 Å². The molecule has 0 bridgehead atoms. The molecule has 1 saturated heterocycles. The molecule has 0 aliphatic carbocycles. The zero-order valence-corrected chi connectivity index (χ0v) is 21.3. The highest BCUT2D eigenvalue weighted by Crippen LogP contribution is 2.26. The first-order valence-electron chi connectivity index (χ1n) is 11.1. The van der Waals surface area contributed by atoms with Gasteiger partial charge in [-0.25, -0.2) is 0 Å². The molecule has 1 fully saturated rings. The van der Waals surface area contributed by atoms with E-state index < -0.39 is 0 Å². The van der Waals surface area contributed by atoms with Crippen molar-refractivity contribution in [1.82, 2.24) is 15.5 Å². The number of rotatable bonds is 8. The molecule has 0 aromatic heterocycles. The van der Waals surface area contributed by atoms with E-state index in [1.54, 1.807) is 0 Å².